The Morgan fingerprint density at radius 3 is 2.61 bits per heavy atom. The Bertz CT molecular complexity index is 701. The Labute approximate surface area is 139 Å². The number of hydrogen-bond donors (Lipinski definition) is 0. The summed E-state index contributed by atoms with van der Waals surface area (Å²) in [7, 11) is 1.74. The molecule has 2 heteroatoms. The van der Waals surface area contributed by atoms with Crippen molar-refractivity contribution in [2.75, 3.05) is 7.11 Å². The molecule has 0 aromatic heterocycles. The fourth-order valence-electron chi connectivity index (χ4n) is 3.43. The third kappa shape index (κ3) is 2.95. The first-order valence-electron chi connectivity index (χ1n) is 8.56. The van der Waals surface area contributed by atoms with E-state index >= 15 is 0 Å². The van der Waals surface area contributed by atoms with Crippen LogP contribution >= 0.6 is 0 Å². The minimum absolute atomic E-state index is 0.323. The highest BCUT2D eigenvalue weighted by atomic mass is 16.5. The second-order valence-corrected chi connectivity index (χ2v) is 6.79. The maximum atomic E-state index is 6.36. The van der Waals surface area contributed by atoms with Crippen LogP contribution in [0.5, 0.6) is 11.5 Å². The van der Waals surface area contributed by atoms with Gasteiger partial charge in [0.2, 0.25) is 0 Å². The van der Waals surface area contributed by atoms with E-state index in [1.54, 1.807) is 7.11 Å². The molecule has 2 aromatic rings. The van der Waals surface area contributed by atoms with Gasteiger partial charge in [-0.15, -0.1) is 0 Å². The third-order valence-electron chi connectivity index (χ3n) is 4.62. The first-order chi connectivity index (χ1) is 11.1. The summed E-state index contributed by atoms with van der Waals surface area (Å²) in [6, 6.07) is 12.8. The van der Waals surface area contributed by atoms with E-state index in [0.29, 0.717) is 0 Å². The van der Waals surface area contributed by atoms with Crippen LogP contribution < -0.4 is 9.47 Å². The van der Waals surface area contributed by atoms with Crippen molar-refractivity contribution in [3.05, 3.63) is 47.5 Å². The lowest BCUT2D eigenvalue weighted by Crippen LogP contribution is -2.29. The molecule has 3 rings (SSSR count). The van der Waals surface area contributed by atoms with Crippen molar-refractivity contribution in [3.63, 3.8) is 0 Å². The molecule has 0 radical (unpaired) electrons. The summed E-state index contributed by atoms with van der Waals surface area (Å²) in [5.74, 6) is 1.86. The zero-order valence-electron chi connectivity index (χ0n) is 14.6. The molecule has 23 heavy (non-hydrogen) atoms. The summed E-state index contributed by atoms with van der Waals surface area (Å²) in [6.07, 6.45) is 4.77. The van der Waals surface area contributed by atoms with Gasteiger partial charge in [0.05, 0.1) is 12.7 Å². The lowest BCUT2D eigenvalue weighted by atomic mass is 9.85. The van der Waals surface area contributed by atoms with E-state index in [9.17, 15) is 0 Å². The summed E-state index contributed by atoms with van der Waals surface area (Å²) < 4.78 is 12.1. The molecular weight excluding hydrogens is 284 g/mol. The van der Waals surface area contributed by atoms with Crippen LogP contribution in [-0.4, -0.2) is 7.11 Å². The summed E-state index contributed by atoms with van der Waals surface area (Å²) in [4.78, 5) is 0. The van der Waals surface area contributed by atoms with Crippen LogP contribution in [0.4, 0.5) is 0 Å². The summed E-state index contributed by atoms with van der Waals surface area (Å²) in [6.45, 7) is 6.49. The van der Waals surface area contributed by atoms with Crippen LogP contribution in [0.15, 0.2) is 36.4 Å². The Balaban J connectivity index is 2.09. The van der Waals surface area contributed by atoms with Crippen LogP contribution in [0.25, 0.3) is 11.1 Å². The predicted molar refractivity (Wildman–Crippen MR) is 95.3 cm³/mol. The topological polar surface area (TPSA) is 18.5 Å². The smallest absolute Gasteiger partial charge is 0.132 e. The molecule has 1 heterocycles. The van der Waals surface area contributed by atoms with E-state index in [-0.39, 0.29) is 5.60 Å². The maximum absolute atomic E-state index is 6.36. The predicted octanol–water partition coefficient (Wildman–Crippen LogP) is 5.72. The van der Waals surface area contributed by atoms with Gasteiger partial charge in [-0.25, -0.2) is 0 Å². The lowest BCUT2D eigenvalue weighted by Gasteiger charge is -2.35. The first-order valence-corrected chi connectivity index (χ1v) is 8.56. The normalized spacial score (nSPS) is 14.6. The van der Waals surface area contributed by atoms with Gasteiger partial charge in [0.25, 0.3) is 0 Å². The van der Waals surface area contributed by atoms with Gasteiger partial charge < -0.3 is 9.47 Å². The number of ether oxygens (including phenoxy) is 2. The highest BCUT2D eigenvalue weighted by Gasteiger charge is 2.34. The number of unbranched alkanes of at least 4 members (excludes halogenated alkanes) is 2. The van der Waals surface area contributed by atoms with Crippen LogP contribution in [0.2, 0.25) is 0 Å². The standard InChI is InChI=1S/C21H26O2/c1-5-6-7-10-15-13-18(22-4)20-16-11-8-9-12-17(16)21(2,3)23-19(20)14-15/h8-9,11-14H,5-7,10H2,1-4H3. The average molecular weight is 310 g/mol. The Hall–Kier alpha value is -1.96. The van der Waals surface area contributed by atoms with E-state index in [0.717, 1.165) is 23.5 Å². The molecule has 2 aromatic carbocycles. The number of aryl methyl sites for hydroxylation is 1. The van der Waals surface area contributed by atoms with Crippen molar-refractivity contribution in [2.24, 2.45) is 0 Å². The minimum Gasteiger partial charge on any atom is -0.496 e. The van der Waals surface area contributed by atoms with Crippen molar-refractivity contribution in [3.8, 4) is 22.6 Å². The molecule has 1 aliphatic heterocycles. The average Bonchev–Trinajstić information content (AvgIpc) is 2.54. The van der Waals surface area contributed by atoms with E-state index < -0.39 is 0 Å². The van der Waals surface area contributed by atoms with E-state index in [1.807, 2.05) is 0 Å². The van der Waals surface area contributed by atoms with Gasteiger partial charge in [-0.05, 0) is 49.9 Å². The van der Waals surface area contributed by atoms with Crippen molar-refractivity contribution >= 4 is 0 Å². The molecule has 0 spiro atoms. The van der Waals surface area contributed by atoms with Crippen LogP contribution in [0.1, 0.15) is 51.2 Å². The number of hydrogen-bond acceptors (Lipinski definition) is 2. The first kappa shape index (κ1) is 15.9. The molecule has 1 aliphatic rings. The summed E-state index contributed by atoms with van der Waals surface area (Å²) >= 11 is 0. The minimum atomic E-state index is -0.323. The second-order valence-electron chi connectivity index (χ2n) is 6.79. The van der Waals surface area contributed by atoms with E-state index in [2.05, 4.69) is 57.2 Å². The molecular formula is C21H26O2. The molecule has 122 valence electrons. The molecule has 0 saturated carbocycles. The molecule has 0 saturated heterocycles. The highest BCUT2D eigenvalue weighted by molar-refractivity contribution is 5.82. The molecule has 0 aliphatic carbocycles. The van der Waals surface area contributed by atoms with Crippen molar-refractivity contribution in [1.29, 1.82) is 0 Å². The molecule has 0 atom stereocenters. The van der Waals surface area contributed by atoms with Gasteiger partial charge in [-0.1, -0.05) is 44.0 Å². The number of methoxy groups -OCH3 is 1. The Morgan fingerprint density at radius 1 is 1.09 bits per heavy atom. The fourth-order valence-corrected chi connectivity index (χ4v) is 3.43. The Kier molecular flexibility index (Phi) is 4.34. The molecule has 2 nitrogen and oxygen atoms in total. The zero-order valence-corrected chi connectivity index (χ0v) is 14.6. The molecule has 0 bridgehead atoms. The van der Waals surface area contributed by atoms with Crippen LogP contribution in [0.3, 0.4) is 0 Å². The van der Waals surface area contributed by atoms with Crippen LogP contribution in [-0.2, 0) is 12.0 Å². The lowest BCUT2D eigenvalue weighted by molar-refractivity contribution is 0.105. The number of rotatable bonds is 5. The quantitative estimate of drug-likeness (QED) is 0.657. The van der Waals surface area contributed by atoms with Crippen molar-refractivity contribution in [1.82, 2.24) is 0 Å². The van der Waals surface area contributed by atoms with Crippen molar-refractivity contribution < 1.29 is 9.47 Å². The van der Waals surface area contributed by atoms with E-state index in [1.165, 1.54) is 36.0 Å². The maximum Gasteiger partial charge on any atom is 0.132 e. The monoisotopic (exact) mass is 310 g/mol. The Morgan fingerprint density at radius 2 is 1.87 bits per heavy atom. The third-order valence-corrected chi connectivity index (χ3v) is 4.62. The number of benzene rings is 2. The fraction of sp³-hybridized carbons (Fsp3) is 0.429. The largest absolute Gasteiger partial charge is 0.496 e. The van der Waals surface area contributed by atoms with E-state index in [4.69, 9.17) is 9.47 Å². The molecule has 0 amide bonds. The zero-order chi connectivity index (χ0) is 16.4. The molecule has 0 fully saturated rings. The van der Waals surface area contributed by atoms with Gasteiger partial charge in [0.1, 0.15) is 17.1 Å². The molecule has 0 unspecified atom stereocenters. The summed E-state index contributed by atoms with van der Waals surface area (Å²) in [5.41, 5.74) is 4.49. The summed E-state index contributed by atoms with van der Waals surface area (Å²) in [5, 5.41) is 0. The molecule has 0 N–H and O–H groups in total. The number of fused-ring (bicyclic) bond motifs is 3. The van der Waals surface area contributed by atoms with Crippen LogP contribution in [0, 0.1) is 0 Å². The SMILES string of the molecule is CCCCCc1cc(OC)c2c(c1)OC(C)(C)c1ccccc1-2. The van der Waals surface area contributed by atoms with Gasteiger partial charge in [0.15, 0.2) is 0 Å². The van der Waals surface area contributed by atoms with Gasteiger partial charge >= 0.3 is 0 Å². The highest BCUT2D eigenvalue weighted by Crippen LogP contribution is 2.49. The van der Waals surface area contributed by atoms with Gasteiger partial charge in [-0.2, -0.15) is 0 Å². The second kappa shape index (κ2) is 6.27. The van der Waals surface area contributed by atoms with Gasteiger partial charge in [-0.3, -0.25) is 0 Å². The van der Waals surface area contributed by atoms with Gasteiger partial charge in [0, 0.05) is 5.56 Å². The van der Waals surface area contributed by atoms with Crippen molar-refractivity contribution in [2.45, 2.75) is 52.1 Å².